The number of carbonyl (C=O) groups excluding carboxylic acids is 1. The predicted molar refractivity (Wildman–Crippen MR) is 106 cm³/mol. The quantitative estimate of drug-likeness (QED) is 0.747. The SMILES string of the molecule is CC(C)C(NC(=O)/C=C/c1ccc(C(C)(C)C)cc1)c1nc(C2CC2)no1. The van der Waals surface area contributed by atoms with Gasteiger partial charge in [-0.15, -0.1) is 0 Å². The molecule has 0 radical (unpaired) electrons. The molecule has 1 saturated carbocycles. The summed E-state index contributed by atoms with van der Waals surface area (Å²) >= 11 is 0. The molecule has 1 atom stereocenters. The number of benzene rings is 1. The van der Waals surface area contributed by atoms with Gasteiger partial charge >= 0.3 is 0 Å². The van der Waals surface area contributed by atoms with Crippen LogP contribution in [0.3, 0.4) is 0 Å². The first kappa shape index (κ1) is 19.3. The number of hydrogen-bond donors (Lipinski definition) is 1. The maximum absolute atomic E-state index is 12.4. The van der Waals surface area contributed by atoms with Crippen LogP contribution in [-0.2, 0) is 10.2 Å². The minimum absolute atomic E-state index is 0.119. The Kier molecular flexibility index (Phi) is 5.49. The van der Waals surface area contributed by atoms with Gasteiger partial charge in [0.15, 0.2) is 5.82 Å². The van der Waals surface area contributed by atoms with Gasteiger partial charge in [0, 0.05) is 12.0 Å². The molecule has 3 rings (SSSR count). The van der Waals surface area contributed by atoms with Gasteiger partial charge in [0.2, 0.25) is 11.8 Å². The summed E-state index contributed by atoms with van der Waals surface area (Å²) in [6, 6.07) is 7.98. The van der Waals surface area contributed by atoms with E-state index in [0.717, 1.165) is 24.2 Å². The summed E-state index contributed by atoms with van der Waals surface area (Å²) in [5, 5.41) is 7.04. The standard InChI is InChI=1S/C22H29N3O2/c1-14(2)19(21-24-20(25-27-21)16-9-10-16)23-18(26)13-8-15-6-11-17(12-7-15)22(3,4)5/h6-8,11-14,16,19H,9-10H2,1-5H3,(H,23,26)/b13-8+. The van der Waals surface area contributed by atoms with Gasteiger partial charge in [0.1, 0.15) is 6.04 Å². The van der Waals surface area contributed by atoms with Gasteiger partial charge in [-0.25, -0.2) is 0 Å². The van der Waals surface area contributed by atoms with Crippen molar-refractivity contribution in [3.63, 3.8) is 0 Å². The third kappa shape index (κ3) is 5.06. The van der Waals surface area contributed by atoms with E-state index < -0.39 is 0 Å². The number of carbonyl (C=O) groups is 1. The Hall–Kier alpha value is -2.43. The minimum Gasteiger partial charge on any atom is -0.340 e. The first-order valence-electron chi connectivity index (χ1n) is 9.66. The van der Waals surface area contributed by atoms with Crippen molar-refractivity contribution in [3.8, 4) is 0 Å². The second kappa shape index (κ2) is 7.67. The Balaban J connectivity index is 1.64. The molecule has 1 aromatic heterocycles. The number of amides is 1. The molecule has 27 heavy (non-hydrogen) atoms. The third-order valence-corrected chi connectivity index (χ3v) is 4.83. The second-order valence-electron chi connectivity index (χ2n) is 8.70. The maximum atomic E-state index is 12.4. The molecular weight excluding hydrogens is 338 g/mol. The van der Waals surface area contributed by atoms with Crippen molar-refractivity contribution >= 4 is 12.0 Å². The van der Waals surface area contributed by atoms with E-state index >= 15 is 0 Å². The lowest BCUT2D eigenvalue weighted by molar-refractivity contribution is -0.117. The highest BCUT2D eigenvalue weighted by Gasteiger charge is 2.31. The van der Waals surface area contributed by atoms with Gasteiger partial charge in [-0.2, -0.15) is 4.98 Å². The average Bonchev–Trinajstić information content (AvgIpc) is 3.35. The van der Waals surface area contributed by atoms with Gasteiger partial charge < -0.3 is 9.84 Å². The van der Waals surface area contributed by atoms with E-state index in [1.54, 1.807) is 6.08 Å². The topological polar surface area (TPSA) is 68.0 Å². The molecule has 0 bridgehead atoms. The molecule has 1 N–H and O–H groups in total. The van der Waals surface area contributed by atoms with E-state index in [2.05, 4.69) is 48.4 Å². The molecule has 1 aliphatic rings. The molecule has 1 amide bonds. The highest BCUT2D eigenvalue weighted by atomic mass is 16.5. The summed E-state index contributed by atoms with van der Waals surface area (Å²) in [5.74, 6) is 1.67. The van der Waals surface area contributed by atoms with Crippen molar-refractivity contribution < 1.29 is 9.32 Å². The van der Waals surface area contributed by atoms with Crippen molar-refractivity contribution in [2.24, 2.45) is 5.92 Å². The minimum atomic E-state index is -0.287. The number of nitrogens with zero attached hydrogens (tertiary/aromatic N) is 2. The van der Waals surface area contributed by atoms with Crippen LogP contribution >= 0.6 is 0 Å². The smallest absolute Gasteiger partial charge is 0.249 e. The van der Waals surface area contributed by atoms with Crippen LogP contribution in [0.4, 0.5) is 0 Å². The Bertz CT molecular complexity index is 809. The summed E-state index contributed by atoms with van der Waals surface area (Å²) in [6.45, 7) is 10.6. The van der Waals surface area contributed by atoms with Crippen LogP contribution in [0.2, 0.25) is 0 Å². The Morgan fingerprint density at radius 3 is 2.44 bits per heavy atom. The molecule has 1 unspecified atom stereocenters. The monoisotopic (exact) mass is 367 g/mol. The Morgan fingerprint density at radius 1 is 1.22 bits per heavy atom. The Labute approximate surface area is 161 Å². The first-order valence-corrected chi connectivity index (χ1v) is 9.66. The zero-order chi connectivity index (χ0) is 19.6. The number of hydrogen-bond acceptors (Lipinski definition) is 4. The molecule has 1 aliphatic carbocycles. The van der Waals surface area contributed by atoms with E-state index in [9.17, 15) is 4.79 Å². The van der Waals surface area contributed by atoms with Gasteiger partial charge in [0.05, 0.1) is 0 Å². The van der Waals surface area contributed by atoms with Crippen LogP contribution < -0.4 is 5.32 Å². The van der Waals surface area contributed by atoms with E-state index in [-0.39, 0.29) is 23.3 Å². The van der Waals surface area contributed by atoms with Crippen LogP contribution in [0.25, 0.3) is 6.08 Å². The number of nitrogens with one attached hydrogen (secondary N) is 1. The number of rotatable bonds is 6. The molecule has 0 saturated heterocycles. The van der Waals surface area contributed by atoms with E-state index in [0.29, 0.717) is 11.8 Å². The van der Waals surface area contributed by atoms with Crippen LogP contribution in [0.15, 0.2) is 34.9 Å². The van der Waals surface area contributed by atoms with Crippen LogP contribution in [0, 0.1) is 5.92 Å². The largest absolute Gasteiger partial charge is 0.340 e. The molecule has 1 fully saturated rings. The average molecular weight is 367 g/mol. The fraction of sp³-hybridized carbons (Fsp3) is 0.500. The summed E-state index contributed by atoms with van der Waals surface area (Å²) in [5.41, 5.74) is 2.38. The van der Waals surface area contributed by atoms with Crippen molar-refractivity contribution in [1.29, 1.82) is 0 Å². The van der Waals surface area contributed by atoms with Crippen LogP contribution in [-0.4, -0.2) is 16.0 Å². The highest BCUT2D eigenvalue weighted by molar-refractivity contribution is 5.91. The lowest BCUT2D eigenvalue weighted by Crippen LogP contribution is -2.30. The summed E-state index contributed by atoms with van der Waals surface area (Å²) in [6.07, 6.45) is 5.62. The normalized spacial score (nSPS) is 16.1. The van der Waals surface area contributed by atoms with Crippen molar-refractivity contribution in [2.75, 3.05) is 0 Å². The van der Waals surface area contributed by atoms with E-state index in [1.165, 1.54) is 5.56 Å². The molecule has 144 valence electrons. The third-order valence-electron chi connectivity index (χ3n) is 4.83. The van der Waals surface area contributed by atoms with Gasteiger partial charge in [-0.3, -0.25) is 4.79 Å². The van der Waals surface area contributed by atoms with E-state index in [1.807, 2.05) is 32.1 Å². The van der Waals surface area contributed by atoms with Crippen molar-refractivity contribution in [3.05, 3.63) is 53.2 Å². The van der Waals surface area contributed by atoms with Gasteiger partial charge in [0.25, 0.3) is 0 Å². The fourth-order valence-corrected chi connectivity index (χ4v) is 2.86. The molecular formula is C22H29N3O2. The van der Waals surface area contributed by atoms with Crippen molar-refractivity contribution in [2.45, 2.75) is 64.8 Å². The predicted octanol–water partition coefficient (Wildman–Crippen LogP) is 4.77. The maximum Gasteiger partial charge on any atom is 0.249 e. The first-order chi connectivity index (χ1) is 12.7. The number of aromatic nitrogens is 2. The molecule has 0 aliphatic heterocycles. The van der Waals surface area contributed by atoms with Gasteiger partial charge in [-0.05, 0) is 41.4 Å². The molecule has 0 spiro atoms. The second-order valence-corrected chi connectivity index (χ2v) is 8.70. The van der Waals surface area contributed by atoms with Crippen LogP contribution in [0.1, 0.15) is 82.3 Å². The highest BCUT2D eigenvalue weighted by Crippen LogP contribution is 2.38. The zero-order valence-electron chi connectivity index (χ0n) is 16.8. The summed E-state index contributed by atoms with van der Waals surface area (Å²) in [7, 11) is 0. The summed E-state index contributed by atoms with van der Waals surface area (Å²) < 4.78 is 5.40. The lowest BCUT2D eigenvalue weighted by atomic mass is 9.87. The van der Waals surface area contributed by atoms with Crippen LogP contribution in [0.5, 0.6) is 0 Å². The molecule has 5 nitrogen and oxygen atoms in total. The molecule has 2 aromatic rings. The zero-order valence-corrected chi connectivity index (χ0v) is 16.8. The molecule has 1 aromatic carbocycles. The Morgan fingerprint density at radius 2 is 1.89 bits per heavy atom. The van der Waals surface area contributed by atoms with Crippen molar-refractivity contribution in [1.82, 2.24) is 15.5 Å². The lowest BCUT2D eigenvalue weighted by Gasteiger charge is -2.18. The molecule has 1 heterocycles. The fourth-order valence-electron chi connectivity index (χ4n) is 2.86. The van der Waals surface area contributed by atoms with Gasteiger partial charge in [-0.1, -0.05) is 64.0 Å². The summed E-state index contributed by atoms with van der Waals surface area (Å²) in [4.78, 5) is 16.9. The molecule has 5 heteroatoms. The van der Waals surface area contributed by atoms with E-state index in [4.69, 9.17) is 4.52 Å².